The Morgan fingerprint density at radius 1 is 0.955 bits per heavy atom. The van der Waals surface area contributed by atoms with E-state index in [2.05, 4.69) is 4.98 Å². The van der Waals surface area contributed by atoms with Crippen molar-refractivity contribution in [1.29, 1.82) is 0 Å². The molecule has 0 amide bonds. The summed E-state index contributed by atoms with van der Waals surface area (Å²) in [5.74, 6) is 1.10. The summed E-state index contributed by atoms with van der Waals surface area (Å²) < 4.78 is 10.7. The number of aromatic nitrogens is 1. The SMILES string of the molecule is COc1cccc(C(O)c2nccc3ccccc23)c1OC. The molecule has 22 heavy (non-hydrogen) atoms. The number of ether oxygens (including phenoxy) is 2. The summed E-state index contributed by atoms with van der Waals surface area (Å²) in [4.78, 5) is 4.37. The predicted octanol–water partition coefficient (Wildman–Crippen LogP) is 3.33. The molecule has 1 aromatic heterocycles. The van der Waals surface area contributed by atoms with Gasteiger partial charge in [0.15, 0.2) is 11.5 Å². The standard InChI is InChI=1S/C18H17NO3/c1-21-15-9-5-8-14(18(15)22-2)17(20)16-13-7-4-3-6-12(13)10-11-19-16/h3-11,17,20H,1-2H3. The van der Waals surface area contributed by atoms with Crippen molar-refractivity contribution in [2.45, 2.75) is 6.10 Å². The van der Waals surface area contributed by atoms with Gasteiger partial charge in [0.1, 0.15) is 6.10 Å². The third-order valence-electron chi connectivity index (χ3n) is 3.69. The van der Waals surface area contributed by atoms with Crippen LogP contribution < -0.4 is 9.47 Å². The summed E-state index contributed by atoms with van der Waals surface area (Å²) in [6.45, 7) is 0. The first-order valence-electron chi connectivity index (χ1n) is 6.99. The molecule has 0 saturated carbocycles. The van der Waals surface area contributed by atoms with Gasteiger partial charge in [-0.25, -0.2) is 0 Å². The van der Waals surface area contributed by atoms with E-state index in [1.54, 1.807) is 26.5 Å². The Bertz CT molecular complexity index is 796. The fourth-order valence-electron chi connectivity index (χ4n) is 2.64. The maximum atomic E-state index is 10.8. The van der Waals surface area contributed by atoms with Gasteiger partial charge < -0.3 is 14.6 Å². The lowest BCUT2D eigenvalue weighted by Gasteiger charge is -2.18. The van der Waals surface area contributed by atoms with E-state index in [9.17, 15) is 5.11 Å². The number of fused-ring (bicyclic) bond motifs is 1. The van der Waals surface area contributed by atoms with Crippen LogP contribution in [0.1, 0.15) is 17.4 Å². The van der Waals surface area contributed by atoms with E-state index in [0.29, 0.717) is 22.8 Å². The molecule has 2 aromatic carbocycles. The van der Waals surface area contributed by atoms with Crippen molar-refractivity contribution < 1.29 is 14.6 Å². The molecule has 0 fully saturated rings. The maximum absolute atomic E-state index is 10.8. The maximum Gasteiger partial charge on any atom is 0.166 e. The second kappa shape index (κ2) is 6.03. The molecule has 1 heterocycles. The number of nitrogens with zero attached hydrogens (tertiary/aromatic N) is 1. The number of hydrogen-bond acceptors (Lipinski definition) is 4. The van der Waals surface area contributed by atoms with Crippen LogP contribution in [0.15, 0.2) is 54.7 Å². The minimum absolute atomic E-state index is 0.521. The zero-order valence-corrected chi connectivity index (χ0v) is 12.5. The predicted molar refractivity (Wildman–Crippen MR) is 85.4 cm³/mol. The van der Waals surface area contributed by atoms with Crippen LogP contribution in [0.4, 0.5) is 0 Å². The molecular weight excluding hydrogens is 278 g/mol. The quantitative estimate of drug-likeness (QED) is 0.802. The van der Waals surface area contributed by atoms with E-state index in [4.69, 9.17) is 9.47 Å². The molecule has 0 spiro atoms. The van der Waals surface area contributed by atoms with Crippen molar-refractivity contribution in [1.82, 2.24) is 4.98 Å². The zero-order chi connectivity index (χ0) is 15.5. The highest BCUT2D eigenvalue weighted by Crippen LogP contribution is 2.38. The van der Waals surface area contributed by atoms with Gasteiger partial charge >= 0.3 is 0 Å². The van der Waals surface area contributed by atoms with Crippen LogP contribution in [0.25, 0.3) is 10.8 Å². The van der Waals surface area contributed by atoms with Crippen LogP contribution in [0.5, 0.6) is 11.5 Å². The van der Waals surface area contributed by atoms with E-state index >= 15 is 0 Å². The molecule has 1 N–H and O–H groups in total. The average Bonchev–Trinajstić information content (AvgIpc) is 2.59. The Labute approximate surface area is 129 Å². The number of benzene rings is 2. The van der Waals surface area contributed by atoms with Crippen LogP contribution in [0.3, 0.4) is 0 Å². The van der Waals surface area contributed by atoms with Crippen molar-refractivity contribution >= 4 is 10.8 Å². The van der Waals surface area contributed by atoms with Crippen molar-refractivity contribution in [3.63, 3.8) is 0 Å². The van der Waals surface area contributed by atoms with Gasteiger partial charge in [0.25, 0.3) is 0 Å². The highest BCUT2D eigenvalue weighted by molar-refractivity contribution is 5.85. The van der Waals surface area contributed by atoms with Gasteiger partial charge in [-0.15, -0.1) is 0 Å². The molecule has 3 aromatic rings. The van der Waals surface area contributed by atoms with Gasteiger partial charge in [0.05, 0.1) is 19.9 Å². The lowest BCUT2D eigenvalue weighted by atomic mass is 10.00. The molecule has 112 valence electrons. The highest BCUT2D eigenvalue weighted by Gasteiger charge is 2.21. The summed E-state index contributed by atoms with van der Waals surface area (Å²) in [5.41, 5.74) is 1.23. The fraction of sp³-hybridized carbons (Fsp3) is 0.167. The Morgan fingerprint density at radius 3 is 2.55 bits per heavy atom. The van der Waals surface area contributed by atoms with Crippen molar-refractivity contribution in [2.24, 2.45) is 0 Å². The molecular formula is C18H17NO3. The summed E-state index contributed by atoms with van der Waals surface area (Å²) in [6, 6.07) is 15.2. The summed E-state index contributed by atoms with van der Waals surface area (Å²) in [7, 11) is 3.13. The monoisotopic (exact) mass is 295 g/mol. The Morgan fingerprint density at radius 2 is 1.77 bits per heavy atom. The van der Waals surface area contributed by atoms with Gasteiger partial charge in [-0.2, -0.15) is 0 Å². The molecule has 1 unspecified atom stereocenters. The molecule has 0 bridgehead atoms. The lowest BCUT2D eigenvalue weighted by Crippen LogP contribution is -2.06. The molecule has 0 aliphatic heterocycles. The third-order valence-corrected chi connectivity index (χ3v) is 3.69. The fourth-order valence-corrected chi connectivity index (χ4v) is 2.64. The highest BCUT2D eigenvalue weighted by atomic mass is 16.5. The number of hydrogen-bond donors (Lipinski definition) is 1. The van der Waals surface area contributed by atoms with E-state index in [1.165, 1.54) is 0 Å². The largest absolute Gasteiger partial charge is 0.493 e. The van der Waals surface area contributed by atoms with Crippen LogP contribution in [0.2, 0.25) is 0 Å². The van der Waals surface area contributed by atoms with Crippen LogP contribution >= 0.6 is 0 Å². The molecule has 0 aliphatic rings. The molecule has 0 radical (unpaired) electrons. The number of aliphatic hydroxyl groups is 1. The summed E-state index contributed by atoms with van der Waals surface area (Å²) in [6.07, 6.45) is 0.809. The second-order valence-corrected chi connectivity index (χ2v) is 4.90. The normalized spacial score (nSPS) is 12.1. The molecule has 0 saturated heterocycles. The molecule has 1 atom stereocenters. The summed E-state index contributed by atoms with van der Waals surface area (Å²) >= 11 is 0. The average molecular weight is 295 g/mol. The first-order chi connectivity index (χ1) is 10.8. The minimum atomic E-state index is -0.892. The van der Waals surface area contributed by atoms with E-state index in [0.717, 1.165) is 10.8 Å². The number of para-hydroxylation sites is 1. The van der Waals surface area contributed by atoms with Gasteiger partial charge in [0, 0.05) is 17.1 Å². The topological polar surface area (TPSA) is 51.6 Å². The van der Waals surface area contributed by atoms with Crippen LogP contribution in [-0.2, 0) is 0 Å². The van der Waals surface area contributed by atoms with Gasteiger partial charge in [-0.1, -0.05) is 36.4 Å². The van der Waals surface area contributed by atoms with Gasteiger partial charge in [0.2, 0.25) is 0 Å². The zero-order valence-electron chi connectivity index (χ0n) is 12.5. The first kappa shape index (κ1) is 14.4. The lowest BCUT2D eigenvalue weighted by molar-refractivity contribution is 0.210. The van der Waals surface area contributed by atoms with Gasteiger partial charge in [-0.3, -0.25) is 4.98 Å². The number of rotatable bonds is 4. The Kier molecular flexibility index (Phi) is 3.94. The van der Waals surface area contributed by atoms with Gasteiger partial charge in [-0.05, 0) is 17.5 Å². The van der Waals surface area contributed by atoms with Crippen LogP contribution in [0, 0.1) is 0 Å². The smallest absolute Gasteiger partial charge is 0.166 e. The molecule has 3 rings (SSSR count). The second-order valence-electron chi connectivity index (χ2n) is 4.90. The summed E-state index contributed by atoms with van der Waals surface area (Å²) in [5, 5.41) is 12.8. The number of methoxy groups -OCH3 is 2. The van der Waals surface area contributed by atoms with Crippen molar-refractivity contribution in [2.75, 3.05) is 14.2 Å². The Balaban J connectivity index is 2.16. The third kappa shape index (κ3) is 2.38. The van der Waals surface area contributed by atoms with E-state index in [-0.39, 0.29) is 0 Å². The number of pyridine rings is 1. The Hall–Kier alpha value is -2.59. The van der Waals surface area contributed by atoms with Crippen LogP contribution in [-0.4, -0.2) is 24.3 Å². The minimum Gasteiger partial charge on any atom is -0.493 e. The molecule has 0 aliphatic carbocycles. The first-order valence-corrected chi connectivity index (χ1v) is 6.99. The van der Waals surface area contributed by atoms with Crippen molar-refractivity contribution in [3.8, 4) is 11.5 Å². The molecule has 4 heteroatoms. The number of aliphatic hydroxyl groups excluding tert-OH is 1. The molecule has 4 nitrogen and oxygen atoms in total. The van der Waals surface area contributed by atoms with E-state index < -0.39 is 6.10 Å². The van der Waals surface area contributed by atoms with Crippen molar-refractivity contribution in [3.05, 3.63) is 66.0 Å². The van der Waals surface area contributed by atoms with E-state index in [1.807, 2.05) is 42.5 Å².